The molecule has 0 aliphatic carbocycles. The first-order valence-electron chi connectivity index (χ1n) is 10.5. The van der Waals surface area contributed by atoms with Crippen LogP contribution < -0.4 is 10.1 Å². The highest BCUT2D eigenvalue weighted by Gasteiger charge is 2.15. The maximum absolute atomic E-state index is 6.25. The number of aromatic nitrogens is 1. The Morgan fingerprint density at radius 3 is 2.59 bits per heavy atom. The number of hydrogen-bond donors (Lipinski definition) is 1. The molecule has 0 bridgehead atoms. The topological polar surface area (TPSA) is 46.6 Å². The van der Waals surface area contributed by atoms with Gasteiger partial charge in [0.25, 0.3) is 0 Å². The van der Waals surface area contributed by atoms with Gasteiger partial charge in [-0.05, 0) is 72.3 Å². The van der Waals surface area contributed by atoms with E-state index in [-0.39, 0.29) is 5.92 Å². The van der Waals surface area contributed by atoms with Crippen LogP contribution in [-0.2, 0) is 11.3 Å². The fourth-order valence-electron chi connectivity index (χ4n) is 3.27. The third-order valence-corrected chi connectivity index (χ3v) is 5.58. The largest absolute Gasteiger partial charge is 0.491 e. The van der Waals surface area contributed by atoms with E-state index >= 15 is 0 Å². The van der Waals surface area contributed by atoms with E-state index in [0.717, 1.165) is 33.6 Å². The summed E-state index contributed by atoms with van der Waals surface area (Å²) in [4.78, 5) is 6.61. The van der Waals surface area contributed by atoms with E-state index in [1.807, 2.05) is 55.6 Å². The molecule has 0 amide bonds. The van der Waals surface area contributed by atoms with Gasteiger partial charge in [0.15, 0.2) is 0 Å². The zero-order chi connectivity index (χ0) is 22.9. The third kappa shape index (κ3) is 7.78. The minimum atomic E-state index is 0.210. The molecule has 0 saturated carbocycles. The van der Waals surface area contributed by atoms with Crippen molar-refractivity contribution in [2.75, 3.05) is 39.2 Å². The minimum Gasteiger partial charge on any atom is -0.491 e. The predicted octanol–water partition coefficient (Wildman–Crippen LogP) is 6.32. The standard InChI is InChI=1S/C25H29BrClN3O2/c1-18-11-22(26)25(28-13-18)29-23-12-21(27)9-10-24(23)32-17-20(14-30(2)3)16-31-15-19-7-5-4-6-8-19/h4-13,20H,14-17H2,1-3H3,(H,28,29)/t20-/m0/s1. The highest BCUT2D eigenvalue weighted by atomic mass is 79.9. The van der Waals surface area contributed by atoms with Gasteiger partial charge >= 0.3 is 0 Å². The molecule has 32 heavy (non-hydrogen) atoms. The van der Waals surface area contributed by atoms with E-state index in [1.54, 1.807) is 0 Å². The second-order valence-corrected chi connectivity index (χ2v) is 9.34. The second-order valence-electron chi connectivity index (χ2n) is 8.05. The van der Waals surface area contributed by atoms with Crippen LogP contribution in [0.1, 0.15) is 11.1 Å². The van der Waals surface area contributed by atoms with Crippen LogP contribution in [0.15, 0.2) is 65.3 Å². The molecular weight excluding hydrogens is 490 g/mol. The maximum Gasteiger partial charge on any atom is 0.144 e. The van der Waals surface area contributed by atoms with Crippen LogP contribution in [0.2, 0.25) is 5.02 Å². The van der Waals surface area contributed by atoms with Crippen molar-refractivity contribution in [3.05, 3.63) is 81.4 Å². The number of rotatable bonds is 11. The number of hydrogen-bond acceptors (Lipinski definition) is 5. The molecule has 1 aromatic heterocycles. The van der Waals surface area contributed by atoms with E-state index in [9.17, 15) is 0 Å². The van der Waals surface area contributed by atoms with Crippen LogP contribution in [0, 0.1) is 12.8 Å². The Bertz CT molecular complexity index is 1000. The van der Waals surface area contributed by atoms with Crippen molar-refractivity contribution in [2.45, 2.75) is 13.5 Å². The molecule has 3 aromatic rings. The minimum absolute atomic E-state index is 0.210. The van der Waals surface area contributed by atoms with Gasteiger partial charge in [-0.3, -0.25) is 0 Å². The van der Waals surface area contributed by atoms with Crippen molar-refractivity contribution in [2.24, 2.45) is 5.92 Å². The van der Waals surface area contributed by atoms with Gasteiger partial charge in [0.2, 0.25) is 0 Å². The smallest absolute Gasteiger partial charge is 0.144 e. The Kier molecular flexibility index (Phi) is 9.36. The Morgan fingerprint density at radius 2 is 1.88 bits per heavy atom. The van der Waals surface area contributed by atoms with Crippen LogP contribution in [0.25, 0.3) is 0 Å². The fraction of sp³-hybridized carbons (Fsp3) is 0.320. The summed E-state index contributed by atoms with van der Waals surface area (Å²) in [6.07, 6.45) is 1.81. The summed E-state index contributed by atoms with van der Waals surface area (Å²) >= 11 is 9.82. The summed E-state index contributed by atoms with van der Waals surface area (Å²) < 4.78 is 13.1. The van der Waals surface area contributed by atoms with Gasteiger partial charge in [0.1, 0.15) is 11.6 Å². The summed E-state index contributed by atoms with van der Waals surface area (Å²) in [5.41, 5.74) is 3.01. The van der Waals surface area contributed by atoms with Crippen molar-refractivity contribution >= 4 is 39.0 Å². The lowest BCUT2D eigenvalue weighted by Crippen LogP contribution is -2.30. The SMILES string of the molecule is Cc1cnc(Nc2cc(Cl)ccc2OC[C@H](COCc2ccccc2)CN(C)C)c(Br)c1. The molecule has 0 fully saturated rings. The quantitative estimate of drug-likeness (QED) is 0.322. The molecular formula is C25H29BrClN3O2. The first-order chi connectivity index (χ1) is 15.4. The molecule has 0 aliphatic heterocycles. The second kappa shape index (κ2) is 12.2. The molecule has 0 radical (unpaired) electrons. The van der Waals surface area contributed by atoms with Gasteiger partial charge in [-0.2, -0.15) is 0 Å². The van der Waals surface area contributed by atoms with E-state index in [0.29, 0.717) is 30.7 Å². The highest BCUT2D eigenvalue weighted by molar-refractivity contribution is 9.10. The first-order valence-corrected chi connectivity index (χ1v) is 11.7. The summed E-state index contributed by atoms with van der Waals surface area (Å²) in [6, 6.07) is 17.8. The number of anilines is 2. The predicted molar refractivity (Wildman–Crippen MR) is 135 cm³/mol. The Balaban J connectivity index is 1.65. The van der Waals surface area contributed by atoms with Gasteiger partial charge in [-0.1, -0.05) is 41.9 Å². The lowest BCUT2D eigenvalue weighted by atomic mass is 10.1. The monoisotopic (exact) mass is 517 g/mol. The molecule has 7 heteroatoms. The summed E-state index contributed by atoms with van der Waals surface area (Å²) in [5.74, 6) is 1.63. The average Bonchev–Trinajstić information content (AvgIpc) is 2.75. The molecule has 170 valence electrons. The molecule has 1 heterocycles. The van der Waals surface area contributed by atoms with Gasteiger partial charge in [0, 0.05) is 23.7 Å². The number of nitrogens with one attached hydrogen (secondary N) is 1. The highest BCUT2D eigenvalue weighted by Crippen LogP contribution is 2.33. The summed E-state index contributed by atoms with van der Waals surface area (Å²) in [7, 11) is 4.11. The molecule has 0 spiro atoms. The molecule has 5 nitrogen and oxygen atoms in total. The molecule has 2 aromatic carbocycles. The molecule has 1 N–H and O–H groups in total. The molecule has 0 unspecified atom stereocenters. The number of nitrogens with zero attached hydrogens (tertiary/aromatic N) is 2. The summed E-state index contributed by atoms with van der Waals surface area (Å²) in [5, 5.41) is 3.95. The molecule has 0 saturated heterocycles. The maximum atomic E-state index is 6.25. The average molecular weight is 519 g/mol. The molecule has 3 rings (SSSR count). The van der Waals surface area contributed by atoms with Crippen molar-refractivity contribution in [1.29, 1.82) is 0 Å². The van der Waals surface area contributed by atoms with Crippen LogP contribution in [0.3, 0.4) is 0 Å². The number of benzene rings is 2. The van der Waals surface area contributed by atoms with E-state index in [2.05, 4.69) is 57.4 Å². The van der Waals surface area contributed by atoms with Crippen LogP contribution >= 0.6 is 27.5 Å². The lowest BCUT2D eigenvalue weighted by Gasteiger charge is -2.22. The van der Waals surface area contributed by atoms with E-state index in [4.69, 9.17) is 21.1 Å². The number of aryl methyl sites for hydroxylation is 1. The fourth-order valence-corrected chi connectivity index (χ4v) is 4.01. The molecule has 0 aliphatic rings. The number of pyridine rings is 1. The zero-order valence-corrected chi connectivity index (χ0v) is 21.0. The van der Waals surface area contributed by atoms with E-state index in [1.165, 1.54) is 0 Å². The van der Waals surface area contributed by atoms with Crippen molar-refractivity contribution in [3.63, 3.8) is 0 Å². The normalized spacial score (nSPS) is 12.1. The van der Waals surface area contributed by atoms with Crippen molar-refractivity contribution in [3.8, 4) is 5.75 Å². The number of ether oxygens (including phenoxy) is 2. The number of halogens is 2. The Labute approximate surface area is 203 Å². The van der Waals surface area contributed by atoms with Gasteiger partial charge < -0.3 is 19.7 Å². The van der Waals surface area contributed by atoms with Gasteiger partial charge in [-0.15, -0.1) is 0 Å². The molecule has 1 atom stereocenters. The van der Waals surface area contributed by atoms with Crippen LogP contribution in [-0.4, -0.2) is 43.7 Å². The van der Waals surface area contributed by atoms with E-state index < -0.39 is 0 Å². The Morgan fingerprint density at radius 1 is 1.09 bits per heavy atom. The van der Waals surface area contributed by atoms with Gasteiger partial charge in [-0.25, -0.2) is 4.98 Å². The first kappa shape index (κ1) is 24.5. The Hall–Kier alpha value is -2.12. The van der Waals surface area contributed by atoms with Crippen LogP contribution in [0.4, 0.5) is 11.5 Å². The van der Waals surface area contributed by atoms with Gasteiger partial charge in [0.05, 0.1) is 30.0 Å². The van der Waals surface area contributed by atoms with Crippen molar-refractivity contribution < 1.29 is 9.47 Å². The van der Waals surface area contributed by atoms with Crippen LogP contribution in [0.5, 0.6) is 5.75 Å². The third-order valence-electron chi connectivity index (χ3n) is 4.74. The zero-order valence-electron chi connectivity index (χ0n) is 18.6. The lowest BCUT2D eigenvalue weighted by molar-refractivity contribution is 0.0575. The van der Waals surface area contributed by atoms with Crippen molar-refractivity contribution in [1.82, 2.24) is 9.88 Å². The summed E-state index contributed by atoms with van der Waals surface area (Å²) in [6.45, 7) is 4.57.